The van der Waals surface area contributed by atoms with Gasteiger partial charge in [0.1, 0.15) is 5.75 Å². The summed E-state index contributed by atoms with van der Waals surface area (Å²) in [5.74, 6) is 0.831. The third kappa shape index (κ3) is 2.71. The number of aryl methyl sites for hydroxylation is 2. The summed E-state index contributed by atoms with van der Waals surface area (Å²) in [5, 5.41) is 4.35. The van der Waals surface area contributed by atoms with Gasteiger partial charge in [-0.2, -0.15) is 5.10 Å². The van der Waals surface area contributed by atoms with Crippen LogP contribution in [0.3, 0.4) is 0 Å². The molecule has 4 nitrogen and oxygen atoms in total. The molecule has 0 aliphatic carbocycles. The quantitative estimate of drug-likeness (QED) is 0.898. The Morgan fingerprint density at radius 2 is 2.11 bits per heavy atom. The van der Waals surface area contributed by atoms with Crippen molar-refractivity contribution in [1.82, 2.24) is 9.78 Å². The highest BCUT2D eigenvalue weighted by Gasteiger charge is 2.13. The topological polar surface area (TPSA) is 53.1 Å². The number of hydrogen-bond donors (Lipinski definition) is 1. The summed E-state index contributed by atoms with van der Waals surface area (Å²) in [5.41, 5.74) is 9.44. The molecule has 96 valence electrons. The van der Waals surface area contributed by atoms with Crippen molar-refractivity contribution in [3.63, 3.8) is 0 Å². The molecule has 0 spiro atoms. The monoisotopic (exact) mass is 245 g/mol. The van der Waals surface area contributed by atoms with Crippen LogP contribution in [0.2, 0.25) is 0 Å². The van der Waals surface area contributed by atoms with Crippen molar-refractivity contribution < 1.29 is 4.74 Å². The Kier molecular flexibility index (Phi) is 3.67. The molecule has 1 atom stereocenters. The van der Waals surface area contributed by atoms with Crippen LogP contribution in [0.15, 0.2) is 30.5 Å². The first-order valence-electron chi connectivity index (χ1n) is 6.00. The zero-order valence-corrected chi connectivity index (χ0v) is 11.1. The second-order valence-corrected chi connectivity index (χ2v) is 4.53. The predicted octanol–water partition coefficient (Wildman–Crippen LogP) is 2.21. The van der Waals surface area contributed by atoms with Gasteiger partial charge < -0.3 is 10.5 Å². The number of aromatic nitrogens is 2. The maximum Gasteiger partial charge on any atom is 0.123 e. The lowest BCUT2D eigenvalue weighted by Crippen LogP contribution is -2.19. The second-order valence-electron chi connectivity index (χ2n) is 4.53. The smallest absolute Gasteiger partial charge is 0.123 e. The highest BCUT2D eigenvalue weighted by Crippen LogP contribution is 2.25. The van der Waals surface area contributed by atoms with E-state index < -0.39 is 0 Å². The lowest BCUT2D eigenvalue weighted by molar-refractivity contribution is 0.400. The molecule has 4 heteroatoms. The first kappa shape index (κ1) is 12.6. The summed E-state index contributed by atoms with van der Waals surface area (Å²) in [6.45, 7) is 4.66. The van der Waals surface area contributed by atoms with Crippen molar-refractivity contribution in [3.8, 4) is 5.75 Å². The Bertz CT molecular complexity index is 534. The maximum absolute atomic E-state index is 6.24. The Hall–Kier alpha value is -1.81. The molecule has 1 unspecified atom stereocenters. The lowest BCUT2D eigenvalue weighted by Gasteiger charge is -2.16. The van der Waals surface area contributed by atoms with E-state index in [1.165, 1.54) is 5.56 Å². The van der Waals surface area contributed by atoms with Gasteiger partial charge in [-0.15, -0.1) is 0 Å². The van der Waals surface area contributed by atoms with Crippen molar-refractivity contribution in [2.24, 2.45) is 5.73 Å². The van der Waals surface area contributed by atoms with E-state index in [1.54, 1.807) is 7.11 Å². The number of benzene rings is 1. The Labute approximate surface area is 107 Å². The molecular formula is C14H19N3O. The van der Waals surface area contributed by atoms with Gasteiger partial charge in [-0.05, 0) is 26.0 Å². The summed E-state index contributed by atoms with van der Waals surface area (Å²) < 4.78 is 7.22. The third-order valence-corrected chi connectivity index (χ3v) is 2.94. The van der Waals surface area contributed by atoms with Crippen molar-refractivity contribution in [2.45, 2.75) is 26.4 Å². The lowest BCUT2D eigenvalue weighted by atomic mass is 10.0. The van der Waals surface area contributed by atoms with Crippen LogP contribution in [-0.2, 0) is 6.54 Å². The summed E-state index contributed by atoms with van der Waals surface area (Å²) >= 11 is 0. The van der Waals surface area contributed by atoms with Gasteiger partial charge in [0.2, 0.25) is 0 Å². The molecule has 1 aromatic heterocycles. The van der Waals surface area contributed by atoms with Crippen LogP contribution in [0.5, 0.6) is 5.75 Å². The fourth-order valence-electron chi connectivity index (χ4n) is 2.01. The van der Waals surface area contributed by atoms with E-state index in [4.69, 9.17) is 10.5 Å². The minimum absolute atomic E-state index is 0.126. The molecule has 0 amide bonds. The molecular weight excluding hydrogens is 226 g/mol. The van der Waals surface area contributed by atoms with Crippen LogP contribution in [0, 0.1) is 13.8 Å². The molecule has 0 saturated carbocycles. The van der Waals surface area contributed by atoms with E-state index in [1.807, 2.05) is 42.9 Å². The van der Waals surface area contributed by atoms with Crippen molar-refractivity contribution in [1.29, 1.82) is 0 Å². The van der Waals surface area contributed by atoms with Crippen LogP contribution in [0.4, 0.5) is 0 Å². The van der Waals surface area contributed by atoms with Gasteiger partial charge in [0.05, 0.1) is 25.4 Å². The molecule has 0 bridgehead atoms. The zero-order chi connectivity index (χ0) is 13.1. The predicted molar refractivity (Wildman–Crippen MR) is 71.6 cm³/mol. The molecule has 0 radical (unpaired) electrons. The molecule has 1 heterocycles. The largest absolute Gasteiger partial charge is 0.496 e. The minimum atomic E-state index is -0.126. The fourth-order valence-corrected chi connectivity index (χ4v) is 2.01. The molecule has 18 heavy (non-hydrogen) atoms. The summed E-state index contributed by atoms with van der Waals surface area (Å²) in [6.07, 6.45) is 1.94. The van der Waals surface area contributed by atoms with Crippen LogP contribution in [0.25, 0.3) is 0 Å². The van der Waals surface area contributed by atoms with Crippen LogP contribution < -0.4 is 10.5 Å². The molecule has 0 saturated heterocycles. The average Bonchev–Trinajstić information content (AvgIpc) is 2.74. The molecule has 2 aromatic rings. The number of ether oxygens (including phenoxy) is 1. The normalized spacial score (nSPS) is 12.4. The van der Waals surface area contributed by atoms with Gasteiger partial charge in [0, 0.05) is 11.8 Å². The van der Waals surface area contributed by atoms with E-state index in [0.717, 1.165) is 17.0 Å². The van der Waals surface area contributed by atoms with Crippen LogP contribution in [0.1, 0.15) is 22.9 Å². The summed E-state index contributed by atoms with van der Waals surface area (Å²) in [4.78, 5) is 0. The van der Waals surface area contributed by atoms with E-state index in [-0.39, 0.29) is 6.04 Å². The Balaban J connectivity index is 2.22. The molecule has 0 aliphatic heterocycles. The average molecular weight is 245 g/mol. The minimum Gasteiger partial charge on any atom is -0.496 e. The third-order valence-electron chi connectivity index (χ3n) is 2.94. The Morgan fingerprint density at radius 3 is 2.72 bits per heavy atom. The number of rotatable bonds is 4. The molecule has 2 rings (SSSR count). The summed E-state index contributed by atoms with van der Waals surface area (Å²) in [7, 11) is 1.67. The van der Waals surface area contributed by atoms with Gasteiger partial charge in [-0.3, -0.25) is 4.68 Å². The van der Waals surface area contributed by atoms with Crippen molar-refractivity contribution in [2.75, 3.05) is 7.11 Å². The zero-order valence-electron chi connectivity index (χ0n) is 11.1. The fraction of sp³-hybridized carbons (Fsp3) is 0.357. The first-order valence-corrected chi connectivity index (χ1v) is 6.00. The van der Waals surface area contributed by atoms with Crippen LogP contribution >= 0.6 is 0 Å². The molecule has 2 N–H and O–H groups in total. The van der Waals surface area contributed by atoms with Gasteiger partial charge in [-0.1, -0.05) is 17.7 Å². The number of hydrogen-bond acceptors (Lipinski definition) is 3. The molecule has 0 aliphatic rings. The van der Waals surface area contributed by atoms with Gasteiger partial charge >= 0.3 is 0 Å². The van der Waals surface area contributed by atoms with E-state index in [2.05, 4.69) is 11.2 Å². The maximum atomic E-state index is 6.24. The van der Waals surface area contributed by atoms with Gasteiger partial charge in [0.25, 0.3) is 0 Å². The SMILES string of the molecule is COc1ccc(C)cc1C(N)Cn1ccc(C)n1. The number of methoxy groups -OCH3 is 1. The number of nitrogens with zero attached hydrogens (tertiary/aromatic N) is 2. The van der Waals surface area contributed by atoms with Gasteiger partial charge in [-0.25, -0.2) is 0 Å². The van der Waals surface area contributed by atoms with Crippen molar-refractivity contribution in [3.05, 3.63) is 47.3 Å². The van der Waals surface area contributed by atoms with E-state index in [0.29, 0.717) is 6.54 Å². The standard InChI is InChI=1S/C14H19N3O/c1-10-4-5-14(18-3)12(8-10)13(15)9-17-7-6-11(2)16-17/h4-8,13H,9,15H2,1-3H3. The Morgan fingerprint density at radius 1 is 1.33 bits per heavy atom. The second kappa shape index (κ2) is 5.23. The van der Waals surface area contributed by atoms with Crippen LogP contribution in [-0.4, -0.2) is 16.9 Å². The van der Waals surface area contributed by atoms with E-state index in [9.17, 15) is 0 Å². The number of nitrogens with two attached hydrogens (primary N) is 1. The molecule has 0 fully saturated rings. The van der Waals surface area contributed by atoms with Gasteiger partial charge in [0.15, 0.2) is 0 Å². The highest BCUT2D eigenvalue weighted by molar-refractivity contribution is 5.38. The molecule has 1 aromatic carbocycles. The van der Waals surface area contributed by atoms with E-state index >= 15 is 0 Å². The highest BCUT2D eigenvalue weighted by atomic mass is 16.5. The first-order chi connectivity index (χ1) is 8.60. The summed E-state index contributed by atoms with van der Waals surface area (Å²) in [6, 6.07) is 7.89. The van der Waals surface area contributed by atoms with Crippen molar-refractivity contribution >= 4 is 0 Å².